The number of fused-ring (bicyclic) bond motifs is 1. The van der Waals surface area contributed by atoms with Crippen molar-refractivity contribution in [2.24, 2.45) is 0 Å². The van der Waals surface area contributed by atoms with Crippen molar-refractivity contribution in [2.75, 3.05) is 18.1 Å². The fraction of sp³-hybridized carbons (Fsp3) is 0.417. The Morgan fingerprint density at radius 2 is 2.41 bits per heavy atom. The number of nitrogens with zero attached hydrogens (tertiary/aromatic N) is 1. The van der Waals surface area contributed by atoms with E-state index in [1.807, 2.05) is 11.8 Å². The Bertz CT molecular complexity index is 520. The minimum Gasteiger partial charge on any atom is -0.312 e. The zero-order valence-corrected chi connectivity index (χ0v) is 10.9. The van der Waals surface area contributed by atoms with Gasteiger partial charge in [0.25, 0.3) is 0 Å². The number of rotatable bonds is 2. The first-order chi connectivity index (χ1) is 8.31. The van der Waals surface area contributed by atoms with Crippen molar-refractivity contribution < 1.29 is 4.39 Å². The molecule has 5 heteroatoms. The third kappa shape index (κ3) is 2.61. The number of halogens is 1. The molecule has 3 rings (SSSR count). The highest BCUT2D eigenvalue weighted by molar-refractivity contribution is 7.99. The van der Waals surface area contributed by atoms with Crippen LogP contribution in [0.3, 0.4) is 0 Å². The summed E-state index contributed by atoms with van der Waals surface area (Å²) >= 11 is 3.59. The first-order valence-corrected chi connectivity index (χ1v) is 7.64. The summed E-state index contributed by atoms with van der Waals surface area (Å²) in [5.41, 5.74) is 0.912. The number of thioether (sulfide) groups is 1. The van der Waals surface area contributed by atoms with E-state index in [0.717, 1.165) is 33.9 Å². The van der Waals surface area contributed by atoms with Crippen molar-refractivity contribution in [1.82, 2.24) is 10.3 Å². The van der Waals surface area contributed by atoms with E-state index in [0.29, 0.717) is 6.04 Å². The zero-order chi connectivity index (χ0) is 11.7. The van der Waals surface area contributed by atoms with Crippen LogP contribution in [-0.4, -0.2) is 29.1 Å². The van der Waals surface area contributed by atoms with Crippen LogP contribution in [0.15, 0.2) is 18.2 Å². The van der Waals surface area contributed by atoms with Crippen molar-refractivity contribution in [3.05, 3.63) is 29.0 Å². The Hall–Kier alpha value is -0.650. The van der Waals surface area contributed by atoms with Crippen LogP contribution in [0.1, 0.15) is 5.01 Å². The maximum atomic E-state index is 13.1. The summed E-state index contributed by atoms with van der Waals surface area (Å²) in [4.78, 5) is 4.55. The van der Waals surface area contributed by atoms with Gasteiger partial charge in [-0.2, -0.15) is 11.8 Å². The minimum absolute atomic E-state index is 0.181. The first kappa shape index (κ1) is 11.4. The van der Waals surface area contributed by atoms with Crippen LogP contribution >= 0.6 is 23.1 Å². The molecule has 1 fully saturated rings. The number of aromatic nitrogens is 1. The predicted molar refractivity (Wildman–Crippen MR) is 72.4 cm³/mol. The molecule has 1 N–H and O–H groups in total. The molecule has 1 aromatic carbocycles. The summed E-state index contributed by atoms with van der Waals surface area (Å²) in [5, 5.41) is 4.60. The van der Waals surface area contributed by atoms with Crippen LogP contribution in [0.4, 0.5) is 4.39 Å². The van der Waals surface area contributed by atoms with Gasteiger partial charge in [0.15, 0.2) is 0 Å². The molecule has 0 radical (unpaired) electrons. The van der Waals surface area contributed by atoms with Gasteiger partial charge in [-0.1, -0.05) is 0 Å². The quantitative estimate of drug-likeness (QED) is 0.906. The Kier molecular flexibility index (Phi) is 3.31. The second kappa shape index (κ2) is 4.92. The van der Waals surface area contributed by atoms with E-state index < -0.39 is 0 Å². The lowest BCUT2D eigenvalue weighted by molar-refractivity contribution is 0.562. The fourth-order valence-electron chi connectivity index (χ4n) is 2.00. The monoisotopic (exact) mass is 268 g/mol. The number of hydrogen-bond acceptors (Lipinski definition) is 4. The van der Waals surface area contributed by atoms with E-state index in [9.17, 15) is 4.39 Å². The molecule has 17 heavy (non-hydrogen) atoms. The highest BCUT2D eigenvalue weighted by Gasteiger charge is 2.15. The van der Waals surface area contributed by atoms with Crippen molar-refractivity contribution >= 4 is 33.3 Å². The third-order valence-electron chi connectivity index (χ3n) is 2.81. The second-order valence-corrected chi connectivity index (χ2v) is 6.41. The van der Waals surface area contributed by atoms with Gasteiger partial charge in [-0.15, -0.1) is 11.3 Å². The molecule has 0 aliphatic carbocycles. The van der Waals surface area contributed by atoms with Crippen LogP contribution in [0.5, 0.6) is 0 Å². The van der Waals surface area contributed by atoms with E-state index in [4.69, 9.17) is 0 Å². The smallest absolute Gasteiger partial charge is 0.124 e. The molecule has 1 aromatic heterocycles. The third-order valence-corrected chi connectivity index (χ3v) is 4.99. The SMILES string of the molecule is Fc1ccc2nc(CC3CSCCN3)sc2c1. The van der Waals surface area contributed by atoms with E-state index in [-0.39, 0.29) is 5.82 Å². The maximum absolute atomic E-state index is 13.1. The molecule has 0 spiro atoms. The van der Waals surface area contributed by atoms with E-state index in [2.05, 4.69) is 10.3 Å². The molecule has 1 aliphatic heterocycles. The lowest BCUT2D eigenvalue weighted by atomic mass is 10.2. The summed E-state index contributed by atoms with van der Waals surface area (Å²) in [6.07, 6.45) is 0.952. The van der Waals surface area contributed by atoms with Crippen molar-refractivity contribution in [2.45, 2.75) is 12.5 Å². The lowest BCUT2D eigenvalue weighted by Gasteiger charge is -2.21. The molecule has 2 aromatic rings. The van der Waals surface area contributed by atoms with E-state index in [1.54, 1.807) is 23.5 Å². The van der Waals surface area contributed by atoms with Crippen LogP contribution in [0.2, 0.25) is 0 Å². The summed E-state index contributed by atoms with van der Waals surface area (Å²) in [7, 11) is 0. The number of thiazole rings is 1. The van der Waals surface area contributed by atoms with E-state index >= 15 is 0 Å². The second-order valence-electron chi connectivity index (χ2n) is 4.15. The summed E-state index contributed by atoms with van der Waals surface area (Å²) in [6.45, 7) is 1.08. The molecule has 2 nitrogen and oxygen atoms in total. The number of benzene rings is 1. The first-order valence-electron chi connectivity index (χ1n) is 5.67. The van der Waals surface area contributed by atoms with Gasteiger partial charge in [-0.05, 0) is 18.2 Å². The average molecular weight is 268 g/mol. The molecule has 90 valence electrons. The van der Waals surface area contributed by atoms with Gasteiger partial charge in [-0.25, -0.2) is 9.37 Å². The number of nitrogens with one attached hydrogen (secondary N) is 1. The topological polar surface area (TPSA) is 24.9 Å². The van der Waals surface area contributed by atoms with Crippen LogP contribution < -0.4 is 5.32 Å². The van der Waals surface area contributed by atoms with Gasteiger partial charge >= 0.3 is 0 Å². The van der Waals surface area contributed by atoms with Crippen LogP contribution in [0.25, 0.3) is 10.2 Å². The zero-order valence-electron chi connectivity index (χ0n) is 9.28. The summed E-state index contributed by atoms with van der Waals surface area (Å²) in [6, 6.07) is 5.31. The van der Waals surface area contributed by atoms with Crippen LogP contribution in [0, 0.1) is 5.82 Å². The predicted octanol–water partition coefficient (Wildman–Crippen LogP) is 2.68. The van der Waals surface area contributed by atoms with Crippen molar-refractivity contribution in [3.63, 3.8) is 0 Å². The highest BCUT2D eigenvalue weighted by atomic mass is 32.2. The highest BCUT2D eigenvalue weighted by Crippen LogP contribution is 2.24. The Morgan fingerprint density at radius 1 is 1.47 bits per heavy atom. The molecule has 1 atom stereocenters. The molecular formula is C12H13FN2S2. The standard InChI is InChI=1S/C12H13FN2S2/c13-8-1-2-10-11(5-8)17-12(15-10)6-9-7-16-4-3-14-9/h1-2,5,9,14H,3-4,6-7H2. The largest absolute Gasteiger partial charge is 0.312 e. The Morgan fingerprint density at radius 3 is 3.24 bits per heavy atom. The fourth-order valence-corrected chi connectivity index (χ4v) is 4.02. The molecule has 1 saturated heterocycles. The molecule has 1 unspecified atom stereocenters. The lowest BCUT2D eigenvalue weighted by Crippen LogP contribution is -2.38. The molecule has 1 aliphatic rings. The van der Waals surface area contributed by atoms with Gasteiger partial charge in [0.2, 0.25) is 0 Å². The van der Waals surface area contributed by atoms with Gasteiger partial charge < -0.3 is 5.32 Å². The Balaban J connectivity index is 1.80. The minimum atomic E-state index is -0.181. The molecule has 0 amide bonds. The normalized spacial score (nSPS) is 20.9. The summed E-state index contributed by atoms with van der Waals surface area (Å²) in [5.74, 6) is 2.16. The van der Waals surface area contributed by atoms with Crippen molar-refractivity contribution in [1.29, 1.82) is 0 Å². The molecule has 2 heterocycles. The maximum Gasteiger partial charge on any atom is 0.124 e. The van der Waals surface area contributed by atoms with Crippen molar-refractivity contribution in [3.8, 4) is 0 Å². The van der Waals surface area contributed by atoms with Crippen LogP contribution in [-0.2, 0) is 6.42 Å². The molecule has 0 saturated carbocycles. The average Bonchev–Trinajstić information content (AvgIpc) is 2.71. The molecule has 0 bridgehead atoms. The molecular weight excluding hydrogens is 255 g/mol. The number of hydrogen-bond donors (Lipinski definition) is 1. The summed E-state index contributed by atoms with van der Waals surface area (Å²) < 4.78 is 14.0. The van der Waals surface area contributed by atoms with Gasteiger partial charge in [0.05, 0.1) is 15.2 Å². The van der Waals surface area contributed by atoms with Gasteiger partial charge in [0, 0.05) is 30.5 Å². The van der Waals surface area contributed by atoms with Gasteiger partial charge in [0.1, 0.15) is 5.82 Å². The van der Waals surface area contributed by atoms with Gasteiger partial charge in [-0.3, -0.25) is 0 Å². The van der Waals surface area contributed by atoms with E-state index in [1.165, 1.54) is 11.8 Å². The Labute approximate surface area is 108 Å².